The Morgan fingerprint density at radius 2 is 1.73 bits per heavy atom. The Bertz CT molecular complexity index is 1180. The number of thiazole rings is 1. The molecule has 9 heteroatoms. The molecule has 0 unspecified atom stereocenters. The van der Waals surface area contributed by atoms with Crippen molar-refractivity contribution in [2.24, 2.45) is 12.0 Å². The standard InChI is InChI=1S/C21H22ClN3O2S2.ClH/c1-24-19(15-28-21(24)23-17-8-4-2-5-9-17)16-10-11-18(22)20(14-16)29(26,27)25-12-6-3-7-13-25;/h2,4-5,8-11,14-15H,3,6-7,12-13H2,1H3;1H/b23-21+;. The lowest BCUT2D eigenvalue weighted by Crippen LogP contribution is -2.35. The maximum Gasteiger partial charge on any atom is 0.244 e. The topological polar surface area (TPSA) is 54.7 Å². The lowest BCUT2D eigenvalue weighted by molar-refractivity contribution is 0.346. The molecule has 0 spiro atoms. The minimum atomic E-state index is -3.61. The monoisotopic (exact) mass is 483 g/mol. The van der Waals surface area contributed by atoms with E-state index in [9.17, 15) is 8.42 Å². The molecule has 0 aliphatic carbocycles. The molecule has 0 atom stereocenters. The van der Waals surface area contributed by atoms with Crippen molar-refractivity contribution < 1.29 is 8.42 Å². The number of para-hydroxylation sites is 1. The summed E-state index contributed by atoms with van der Waals surface area (Å²) in [5.74, 6) is 0. The fourth-order valence-corrected chi connectivity index (χ4v) is 6.39. The van der Waals surface area contributed by atoms with Gasteiger partial charge in [-0.05, 0) is 37.1 Å². The largest absolute Gasteiger partial charge is 0.320 e. The number of nitrogens with zero attached hydrogens (tertiary/aromatic N) is 3. The van der Waals surface area contributed by atoms with Crippen molar-refractivity contribution in [3.8, 4) is 11.3 Å². The highest BCUT2D eigenvalue weighted by Crippen LogP contribution is 2.31. The number of sulfonamides is 1. The van der Waals surface area contributed by atoms with Crippen LogP contribution < -0.4 is 4.80 Å². The quantitative estimate of drug-likeness (QED) is 0.509. The lowest BCUT2D eigenvalue weighted by atomic mass is 10.2. The molecule has 0 amide bonds. The summed E-state index contributed by atoms with van der Waals surface area (Å²) in [6.07, 6.45) is 2.85. The molecular weight excluding hydrogens is 461 g/mol. The zero-order chi connectivity index (χ0) is 20.4. The molecule has 1 aliphatic heterocycles. The Balaban J connectivity index is 0.00000256. The van der Waals surface area contributed by atoms with Crippen molar-refractivity contribution in [2.45, 2.75) is 24.2 Å². The summed E-state index contributed by atoms with van der Waals surface area (Å²) in [6.45, 7) is 1.10. The second-order valence-corrected chi connectivity index (χ2v) is 10.2. The van der Waals surface area contributed by atoms with E-state index in [0.29, 0.717) is 13.1 Å². The molecule has 5 nitrogen and oxygen atoms in total. The van der Waals surface area contributed by atoms with Crippen LogP contribution in [0.3, 0.4) is 0 Å². The highest BCUT2D eigenvalue weighted by atomic mass is 35.5. The van der Waals surface area contributed by atoms with E-state index < -0.39 is 10.0 Å². The number of benzene rings is 2. The Hall–Kier alpha value is -1.64. The number of halogens is 2. The fourth-order valence-electron chi connectivity index (χ4n) is 3.45. The van der Waals surface area contributed by atoms with E-state index in [4.69, 9.17) is 11.6 Å². The van der Waals surface area contributed by atoms with Crippen molar-refractivity contribution in [1.82, 2.24) is 8.87 Å². The van der Waals surface area contributed by atoms with E-state index in [-0.39, 0.29) is 22.3 Å². The molecule has 2 heterocycles. The summed E-state index contributed by atoms with van der Waals surface area (Å²) in [6, 6.07) is 15.0. The summed E-state index contributed by atoms with van der Waals surface area (Å²) >= 11 is 7.83. The lowest BCUT2D eigenvalue weighted by Gasteiger charge is -2.26. The molecule has 0 N–H and O–H groups in total. The Morgan fingerprint density at radius 3 is 2.43 bits per heavy atom. The van der Waals surface area contributed by atoms with Crippen molar-refractivity contribution in [2.75, 3.05) is 13.1 Å². The van der Waals surface area contributed by atoms with Gasteiger partial charge in [-0.25, -0.2) is 13.4 Å². The molecule has 30 heavy (non-hydrogen) atoms. The first-order valence-electron chi connectivity index (χ1n) is 9.51. The van der Waals surface area contributed by atoms with Crippen LogP contribution in [0.25, 0.3) is 11.3 Å². The van der Waals surface area contributed by atoms with Crippen molar-refractivity contribution >= 4 is 51.1 Å². The predicted octanol–water partition coefficient (Wildman–Crippen LogP) is 5.24. The smallest absolute Gasteiger partial charge is 0.244 e. The van der Waals surface area contributed by atoms with Gasteiger partial charge in [-0.1, -0.05) is 42.3 Å². The summed E-state index contributed by atoms with van der Waals surface area (Å²) < 4.78 is 29.8. The molecule has 0 bridgehead atoms. The van der Waals surface area contributed by atoms with Crippen LogP contribution in [0.4, 0.5) is 5.69 Å². The van der Waals surface area contributed by atoms with Gasteiger partial charge in [0.1, 0.15) is 4.90 Å². The molecule has 2 aromatic carbocycles. The maximum atomic E-state index is 13.1. The van der Waals surface area contributed by atoms with Gasteiger partial charge in [0.25, 0.3) is 0 Å². The van der Waals surface area contributed by atoms with Gasteiger partial charge in [0.05, 0.1) is 16.4 Å². The zero-order valence-electron chi connectivity index (χ0n) is 16.5. The zero-order valence-corrected chi connectivity index (χ0v) is 19.7. The average molecular weight is 484 g/mol. The molecule has 1 aromatic heterocycles. The Morgan fingerprint density at radius 1 is 1.03 bits per heavy atom. The fraction of sp³-hybridized carbons (Fsp3) is 0.286. The molecule has 1 fully saturated rings. The van der Waals surface area contributed by atoms with Gasteiger partial charge in [0, 0.05) is 31.1 Å². The molecule has 0 saturated carbocycles. The van der Waals surface area contributed by atoms with E-state index in [2.05, 4.69) is 4.99 Å². The van der Waals surface area contributed by atoms with Crippen LogP contribution in [-0.2, 0) is 17.1 Å². The molecule has 0 radical (unpaired) electrons. The molecule has 1 saturated heterocycles. The number of hydrogen-bond donors (Lipinski definition) is 0. The van der Waals surface area contributed by atoms with Gasteiger partial charge < -0.3 is 4.57 Å². The van der Waals surface area contributed by atoms with Gasteiger partial charge in [-0.3, -0.25) is 0 Å². The number of piperidine rings is 1. The van der Waals surface area contributed by atoms with Gasteiger partial charge >= 0.3 is 0 Å². The minimum absolute atomic E-state index is 0. The van der Waals surface area contributed by atoms with Gasteiger partial charge in [-0.15, -0.1) is 23.7 Å². The van der Waals surface area contributed by atoms with Crippen LogP contribution in [0.15, 0.2) is 63.8 Å². The first-order valence-corrected chi connectivity index (χ1v) is 12.2. The van der Waals surface area contributed by atoms with E-state index in [1.54, 1.807) is 16.4 Å². The summed E-state index contributed by atoms with van der Waals surface area (Å²) in [5, 5.41) is 2.24. The van der Waals surface area contributed by atoms with E-state index in [0.717, 1.165) is 41.0 Å². The average Bonchev–Trinajstić information content (AvgIpc) is 3.10. The van der Waals surface area contributed by atoms with Crippen LogP contribution in [-0.4, -0.2) is 30.4 Å². The van der Waals surface area contributed by atoms with Crippen molar-refractivity contribution in [3.05, 3.63) is 63.7 Å². The highest BCUT2D eigenvalue weighted by molar-refractivity contribution is 7.89. The van der Waals surface area contributed by atoms with Crippen LogP contribution >= 0.6 is 35.3 Å². The summed E-state index contributed by atoms with van der Waals surface area (Å²) in [4.78, 5) is 5.69. The van der Waals surface area contributed by atoms with E-state index in [1.165, 1.54) is 11.3 Å². The Labute approximate surface area is 192 Å². The third kappa shape index (κ3) is 4.65. The first kappa shape index (κ1) is 23.0. The van der Waals surface area contributed by atoms with Crippen molar-refractivity contribution in [1.29, 1.82) is 0 Å². The summed E-state index contributed by atoms with van der Waals surface area (Å²) in [5.41, 5.74) is 2.58. The molecule has 160 valence electrons. The first-order chi connectivity index (χ1) is 14.0. The highest BCUT2D eigenvalue weighted by Gasteiger charge is 2.28. The minimum Gasteiger partial charge on any atom is -0.320 e. The molecule has 3 aromatic rings. The van der Waals surface area contributed by atoms with Crippen LogP contribution in [0, 0.1) is 0 Å². The third-order valence-corrected chi connectivity index (χ3v) is 8.36. The SMILES string of the molecule is Cl.Cn1c(-c2ccc(Cl)c(S(=O)(=O)N3CCCCC3)c2)cs/c1=N/c1ccccc1. The maximum absolute atomic E-state index is 13.1. The molecular formula is C21H23Cl2N3O2S2. The van der Waals surface area contributed by atoms with Gasteiger partial charge in [-0.2, -0.15) is 4.31 Å². The van der Waals surface area contributed by atoms with E-state index >= 15 is 0 Å². The Kier molecular flexibility index (Phi) is 7.42. The second kappa shape index (κ2) is 9.66. The number of aromatic nitrogens is 1. The van der Waals surface area contributed by atoms with Gasteiger partial charge in [0.15, 0.2) is 4.80 Å². The normalized spacial score (nSPS) is 15.7. The number of hydrogen-bond acceptors (Lipinski definition) is 4. The van der Waals surface area contributed by atoms with Crippen molar-refractivity contribution in [3.63, 3.8) is 0 Å². The number of rotatable bonds is 4. The van der Waals surface area contributed by atoms with Crippen LogP contribution in [0.1, 0.15) is 19.3 Å². The second-order valence-electron chi connectivity index (χ2n) is 7.02. The van der Waals surface area contributed by atoms with Crippen LogP contribution in [0.2, 0.25) is 5.02 Å². The third-order valence-electron chi connectivity index (χ3n) is 5.07. The predicted molar refractivity (Wildman–Crippen MR) is 125 cm³/mol. The van der Waals surface area contributed by atoms with Crippen LogP contribution in [0.5, 0.6) is 0 Å². The van der Waals surface area contributed by atoms with E-state index in [1.807, 2.05) is 53.4 Å². The molecule has 1 aliphatic rings. The summed E-state index contributed by atoms with van der Waals surface area (Å²) in [7, 11) is -1.67. The molecule has 4 rings (SSSR count). The van der Waals surface area contributed by atoms with Gasteiger partial charge in [0.2, 0.25) is 10.0 Å².